The Morgan fingerprint density at radius 2 is 1.78 bits per heavy atom. The first-order chi connectivity index (χ1) is 13.0. The highest BCUT2D eigenvalue weighted by Gasteiger charge is 2.40. The molecule has 0 saturated heterocycles. The molecule has 4 rings (SSSR count). The lowest BCUT2D eigenvalue weighted by atomic mass is 9.96. The van der Waals surface area contributed by atoms with Gasteiger partial charge in [0.15, 0.2) is 11.5 Å². The number of hydrogen-bond donors (Lipinski definition) is 1. The van der Waals surface area contributed by atoms with Crippen molar-refractivity contribution in [3.63, 3.8) is 0 Å². The topological polar surface area (TPSA) is 67.5 Å². The van der Waals surface area contributed by atoms with Crippen LogP contribution >= 0.6 is 0 Å². The minimum Gasteiger partial charge on any atom is -0.493 e. The Balaban J connectivity index is 1.86. The van der Waals surface area contributed by atoms with Crippen molar-refractivity contribution in [2.45, 2.75) is 6.04 Å². The summed E-state index contributed by atoms with van der Waals surface area (Å²) in [6, 6.07) is 11.3. The molecule has 3 aromatic rings. The molecule has 138 valence electrons. The van der Waals surface area contributed by atoms with Crippen LogP contribution in [-0.2, 0) is 0 Å². The fourth-order valence-electron chi connectivity index (χ4n) is 3.51. The maximum atomic E-state index is 13.3. The van der Waals surface area contributed by atoms with Gasteiger partial charge < -0.3 is 14.4 Å². The number of H-pyrrole nitrogens is 1. The van der Waals surface area contributed by atoms with Crippen LogP contribution in [0.4, 0.5) is 4.39 Å². The second-order valence-electron chi connectivity index (χ2n) is 6.30. The number of nitrogens with zero attached hydrogens (tertiary/aromatic N) is 2. The molecule has 0 unspecified atom stereocenters. The van der Waals surface area contributed by atoms with E-state index >= 15 is 0 Å². The molecule has 0 fully saturated rings. The van der Waals surface area contributed by atoms with Gasteiger partial charge in [-0.15, -0.1) is 0 Å². The van der Waals surface area contributed by atoms with Crippen molar-refractivity contribution in [2.75, 3.05) is 21.3 Å². The third-order valence-corrected chi connectivity index (χ3v) is 4.84. The molecule has 1 atom stereocenters. The van der Waals surface area contributed by atoms with E-state index in [1.54, 1.807) is 38.3 Å². The number of amides is 1. The smallest absolute Gasteiger partial charge is 0.272 e. The Kier molecular flexibility index (Phi) is 4.07. The highest BCUT2D eigenvalue weighted by Crippen LogP contribution is 2.43. The average Bonchev–Trinajstić information content (AvgIpc) is 3.21. The van der Waals surface area contributed by atoms with Crippen LogP contribution < -0.4 is 9.47 Å². The number of carbonyl (C=O) groups is 1. The maximum Gasteiger partial charge on any atom is 0.272 e. The standard InChI is InChI=1S/C20H18FN3O3/c1-24-19(12-6-9-14(26-2)15(10-12)27-3)16-17(22-23-18(16)20(24)25)11-4-7-13(21)8-5-11/h4-10,19H,1-3H3,(H,22,23)/t19-/m0/s1. The number of carbonyl (C=O) groups excluding carboxylic acids is 1. The van der Waals surface area contributed by atoms with Gasteiger partial charge in [-0.2, -0.15) is 5.10 Å². The maximum absolute atomic E-state index is 13.3. The van der Waals surface area contributed by atoms with Crippen molar-refractivity contribution in [2.24, 2.45) is 0 Å². The molecule has 1 amide bonds. The molecule has 2 heterocycles. The van der Waals surface area contributed by atoms with Crippen LogP contribution in [0, 0.1) is 5.82 Å². The van der Waals surface area contributed by atoms with E-state index < -0.39 is 0 Å². The Morgan fingerprint density at radius 3 is 2.44 bits per heavy atom. The van der Waals surface area contributed by atoms with E-state index in [1.807, 2.05) is 18.2 Å². The van der Waals surface area contributed by atoms with Crippen LogP contribution in [0.5, 0.6) is 11.5 Å². The number of rotatable bonds is 4. The predicted molar refractivity (Wildman–Crippen MR) is 97.5 cm³/mol. The summed E-state index contributed by atoms with van der Waals surface area (Å²) in [7, 11) is 4.88. The van der Waals surface area contributed by atoms with Gasteiger partial charge >= 0.3 is 0 Å². The van der Waals surface area contributed by atoms with E-state index in [-0.39, 0.29) is 17.8 Å². The summed E-state index contributed by atoms with van der Waals surface area (Å²) in [5.41, 5.74) is 3.44. The van der Waals surface area contributed by atoms with E-state index in [4.69, 9.17) is 9.47 Å². The first-order valence-corrected chi connectivity index (χ1v) is 8.38. The SMILES string of the molecule is COc1ccc([C@H]2c3c(-c4ccc(F)cc4)n[nH]c3C(=O)N2C)cc1OC. The van der Waals surface area contributed by atoms with Crippen molar-refractivity contribution >= 4 is 5.91 Å². The van der Waals surface area contributed by atoms with Crippen molar-refractivity contribution < 1.29 is 18.7 Å². The van der Waals surface area contributed by atoms with Gasteiger partial charge in [-0.05, 0) is 42.0 Å². The molecule has 0 radical (unpaired) electrons. The van der Waals surface area contributed by atoms with Crippen LogP contribution in [0.3, 0.4) is 0 Å². The molecule has 0 bridgehead atoms. The number of ether oxygens (including phenoxy) is 2. The van der Waals surface area contributed by atoms with Crippen molar-refractivity contribution in [1.82, 2.24) is 15.1 Å². The predicted octanol–water partition coefficient (Wildman–Crippen LogP) is 3.41. The number of nitrogens with one attached hydrogen (secondary N) is 1. The van der Waals surface area contributed by atoms with Crippen molar-refractivity contribution in [1.29, 1.82) is 0 Å². The molecular formula is C20H18FN3O3. The number of fused-ring (bicyclic) bond motifs is 1. The zero-order chi connectivity index (χ0) is 19.1. The summed E-state index contributed by atoms with van der Waals surface area (Å²) in [6.07, 6.45) is 0. The van der Waals surface area contributed by atoms with Gasteiger partial charge in [-0.3, -0.25) is 9.89 Å². The lowest BCUT2D eigenvalue weighted by Crippen LogP contribution is -2.24. The van der Waals surface area contributed by atoms with Gasteiger partial charge in [0.2, 0.25) is 0 Å². The largest absolute Gasteiger partial charge is 0.493 e. The molecule has 1 aliphatic rings. The van der Waals surface area contributed by atoms with Crippen LogP contribution in [0.25, 0.3) is 11.3 Å². The summed E-state index contributed by atoms with van der Waals surface area (Å²) in [5, 5.41) is 7.16. The van der Waals surface area contributed by atoms with Crippen molar-refractivity contribution in [3.8, 4) is 22.8 Å². The molecule has 6 nitrogen and oxygen atoms in total. The molecule has 1 N–H and O–H groups in total. The molecule has 0 spiro atoms. The molecule has 1 aliphatic heterocycles. The third kappa shape index (κ3) is 2.63. The second kappa shape index (κ2) is 6.42. The zero-order valence-corrected chi connectivity index (χ0v) is 15.1. The molecule has 0 saturated carbocycles. The van der Waals surface area contributed by atoms with E-state index in [1.165, 1.54) is 12.1 Å². The van der Waals surface area contributed by atoms with Gasteiger partial charge in [0, 0.05) is 18.2 Å². The minimum absolute atomic E-state index is 0.148. The number of benzene rings is 2. The van der Waals surface area contributed by atoms with Gasteiger partial charge in [-0.1, -0.05) is 6.07 Å². The Morgan fingerprint density at radius 1 is 1.07 bits per heavy atom. The molecule has 27 heavy (non-hydrogen) atoms. The third-order valence-electron chi connectivity index (χ3n) is 4.84. The quantitative estimate of drug-likeness (QED) is 0.767. The number of hydrogen-bond acceptors (Lipinski definition) is 4. The fraction of sp³-hybridized carbons (Fsp3) is 0.200. The van der Waals surface area contributed by atoms with Crippen LogP contribution in [0.1, 0.15) is 27.7 Å². The molecule has 1 aromatic heterocycles. The Hall–Kier alpha value is -3.35. The molecule has 2 aromatic carbocycles. The lowest BCUT2D eigenvalue weighted by Gasteiger charge is -2.23. The van der Waals surface area contributed by atoms with Crippen molar-refractivity contribution in [3.05, 3.63) is 65.1 Å². The van der Waals surface area contributed by atoms with E-state index in [9.17, 15) is 9.18 Å². The molecule has 0 aliphatic carbocycles. The number of aromatic amines is 1. The number of methoxy groups -OCH3 is 2. The summed E-state index contributed by atoms with van der Waals surface area (Å²) in [6.45, 7) is 0. The Bertz CT molecular complexity index is 1010. The van der Waals surface area contributed by atoms with E-state index in [2.05, 4.69) is 10.2 Å². The van der Waals surface area contributed by atoms with E-state index in [0.29, 0.717) is 22.9 Å². The van der Waals surface area contributed by atoms with Crippen LogP contribution in [0.2, 0.25) is 0 Å². The molecular weight excluding hydrogens is 349 g/mol. The lowest BCUT2D eigenvalue weighted by molar-refractivity contribution is 0.0787. The fourth-order valence-corrected chi connectivity index (χ4v) is 3.51. The average molecular weight is 367 g/mol. The second-order valence-corrected chi connectivity index (χ2v) is 6.30. The van der Waals surface area contributed by atoms with Crippen LogP contribution in [-0.4, -0.2) is 42.3 Å². The van der Waals surface area contributed by atoms with E-state index in [0.717, 1.165) is 16.7 Å². The highest BCUT2D eigenvalue weighted by atomic mass is 19.1. The number of aromatic nitrogens is 2. The van der Waals surface area contributed by atoms with Gasteiger partial charge in [0.1, 0.15) is 11.5 Å². The highest BCUT2D eigenvalue weighted by molar-refractivity contribution is 6.00. The molecule has 7 heteroatoms. The van der Waals surface area contributed by atoms with Gasteiger partial charge in [-0.25, -0.2) is 4.39 Å². The van der Waals surface area contributed by atoms with Gasteiger partial charge in [0.25, 0.3) is 5.91 Å². The summed E-state index contributed by atoms with van der Waals surface area (Å²) < 4.78 is 24.0. The van der Waals surface area contributed by atoms with Crippen LogP contribution in [0.15, 0.2) is 42.5 Å². The summed E-state index contributed by atoms with van der Waals surface area (Å²) in [4.78, 5) is 14.3. The summed E-state index contributed by atoms with van der Waals surface area (Å²) >= 11 is 0. The van der Waals surface area contributed by atoms with Gasteiger partial charge in [0.05, 0.1) is 26.0 Å². The first kappa shape index (κ1) is 17.1. The zero-order valence-electron chi connectivity index (χ0n) is 15.1. The number of halogens is 1. The summed E-state index contributed by atoms with van der Waals surface area (Å²) in [5.74, 6) is 0.719. The normalized spacial score (nSPS) is 15.8. The monoisotopic (exact) mass is 367 g/mol. The first-order valence-electron chi connectivity index (χ1n) is 8.38. The Labute approximate surface area is 155 Å². The minimum atomic E-state index is -0.342.